The highest BCUT2D eigenvalue weighted by Crippen LogP contribution is 2.13. The molecule has 0 bridgehead atoms. The Kier molecular flexibility index (Phi) is 4.14. The number of fused-ring (bicyclic) bond motifs is 1. The largest absolute Gasteiger partial charge is 0.320 e. The van der Waals surface area contributed by atoms with Gasteiger partial charge in [-0.25, -0.2) is 4.39 Å². The zero-order chi connectivity index (χ0) is 18.1. The summed E-state index contributed by atoms with van der Waals surface area (Å²) in [6.07, 6.45) is 0. The van der Waals surface area contributed by atoms with E-state index in [4.69, 9.17) is 0 Å². The van der Waals surface area contributed by atoms with Crippen LogP contribution in [0.5, 0.6) is 0 Å². The van der Waals surface area contributed by atoms with E-state index in [1.54, 1.807) is 31.3 Å². The molecule has 25 heavy (non-hydrogen) atoms. The molecule has 0 saturated heterocycles. The molecule has 6 nitrogen and oxygen atoms in total. The normalized spacial score (nSPS) is 10.7. The quantitative estimate of drug-likeness (QED) is 0.744. The maximum absolute atomic E-state index is 13.4. The van der Waals surface area contributed by atoms with Crippen LogP contribution in [0.2, 0.25) is 0 Å². The van der Waals surface area contributed by atoms with Crippen molar-refractivity contribution in [1.29, 1.82) is 0 Å². The van der Waals surface area contributed by atoms with E-state index in [1.807, 2.05) is 0 Å². The summed E-state index contributed by atoms with van der Waals surface area (Å²) in [4.78, 5) is 36.1. The van der Waals surface area contributed by atoms with Gasteiger partial charge in [0, 0.05) is 18.3 Å². The fourth-order valence-corrected chi connectivity index (χ4v) is 2.48. The van der Waals surface area contributed by atoms with Gasteiger partial charge in [0.1, 0.15) is 5.82 Å². The molecule has 0 fully saturated rings. The Morgan fingerprint density at radius 2 is 1.80 bits per heavy atom. The number of amides is 1. The summed E-state index contributed by atoms with van der Waals surface area (Å²) in [5, 5.41) is 6.62. The van der Waals surface area contributed by atoms with Crippen molar-refractivity contribution in [1.82, 2.24) is 9.78 Å². The standard InChI is InChI=1S/C18H14FN3O3/c1-10(23)11-3-6-13(7-4-11)20-18(25)16-17(24)14-9-12(19)5-8-15(14)22(2)21-16/h3-9H,1-2H3,(H,20,25). The van der Waals surface area contributed by atoms with Gasteiger partial charge in [0.15, 0.2) is 11.5 Å². The van der Waals surface area contributed by atoms with Crippen LogP contribution in [0.15, 0.2) is 47.3 Å². The summed E-state index contributed by atoms with van der Waals surface area (Å²) < 4.78 is 14.8. The van der Waals surface area contributed by atoms with Gasteiger partial charge in [-0.05, 0) is 49.4 Å². The second-order valence-corrected chi connectivity index (χ2v) is 5.55. The molecule has 3 rings (SSSR count). The van der Waals surface area contributed by atoms with Gasteiger partial charge in [-0.2, -0.15) is 5.10 Å². The fourth-order valence-electron chi connectivity index (χ4n) is 2.48. The number of Topliss-reactive ketones (excluding diaryl/α,β-unsaturated/α-hetero) is 1. The minimum atomic E-state index is -0.706. The average Bonchev–Trinajstić information content (AvgIpc) is 2.58. The van der Waals surface area contributed by atoms with Crippen LogP contribution < -0.4 is 10.7 Å². The molecule has 0 aliphatic heterocycles. The predicted octanol–water partition coefficient (Wildman–Crippen LogP) is 2.53. The number of aryl methyl sites for hydroxylation is 1. The summed E-state index contributed by atoms with van der Waals surface area (Å²) >= 11 is 0. The Hall–Kier alpha value is -3.35. The molecule has 1 N–H and O–H groups in total. The van der Waals surface area contributed by atoms with Crippen LogP contribution in [0, 0.1) is 5.82 Å². The van der Waals surface area contributed by atoms with Crippen LogP contribution in [0.4, 0.5) is 10.1 Å². The van der Waals surface area contributed by atoms with Crippen LogP contribution in [0.3, 0.4) is 0 Å². The van der Waals surface area contributed by atoms with E-state index in [9.17, 15) is 18.8 Å². The lowest BCUT2D eigenvalue weighted by Gasteiger charge is -2.09. The number of hydrogen-bond acceptors (Lipinski definition) is 4. The minimum Gasteiger partial charge on any atom is -0.320 e. The number of hydrogen-bond donors (Lipinski definition) is 1. The number of rotatable bonds is 3. The monoisotopic (exact) mass is 339 g/mol. The Labute approximate surface area is 141 Å². The molecule has 0 saturated carbocycles. The van der Waals surface area contributed by atoms with Crippen molar-refractivity contribution < 1.29 is 14.0 Å². The molecule has 126 valence electrons. The van der Waals surface area contributed by atoms with E-state index >= 15 is 0 Å². The van der Waals surface area contributed by atoms with Crippen molar-refractivity contribution in [2.24, 2.45) is 7.05 Å². The summed E-state index contributed by atoms with van der Waals surface area (Å²) in [5.74, 6) is -1.37. The molecule has 0 radical (unpaired) electrons. The van der Waals surface area contributed by atoms with Gasteiger partial charge in [0.2, 0.25) is 5.43 Å². The predicted molar refractivity (Wildman–Crippen MR) is 91.3 cm³/mol. The third kappa shape index (κ3) is 3.16. The van der Waals surface area contributed by atoms with E-state index < -0.39 is 17.2 Å². The number of halogens is 1. The molecule has 1 aromatic heterocycles. The van der Waals surface area contributed by atoms with Gasteiger partial charge in [0.05, 0.1) is 10.9 Å². The van der Waals surface area contributed by atoms with Gasteiger partial charge < -0.3 is 5.32 Å². The molecule has 7 heteroatoms. The topological polar surface area (TPSA) is 81.1 Å². The highest BCUT2D eigenvalue weighted by molar-refractivity contribution is 6.04. The van der Waals surface area contributed by atoms with E-state index in [0.29, 0.717) is 16.8 Å². The molecule has 1 heterocycles. The smallest absolute Gasteiger partial charge is 0.280 e. The second kappa shape index (κ2) is 6.27. The number of nitrogens with zero attached hydrogens (tertiary/aromatic N) is 2. The fraction of sp³-hybridized carbons (Fsp3) is 0.111. The maximum Gasteiger partial charge on any atom is 0.280 e. The van der Waals surface area contributed by atoms with Crippen LogP contribution in [0.1, 0.15) is 27.8 Å². The van der Waals surface area contributed by atoms with Gasteiger partial charge in [-0.1, -0.05) is 0 Å². The van der Waals surface area contributed by atoms with Crippen molar-refractivity contribution in [2.45, 2.75) is 6.92 Å². The van der Waals surface area contributed by atoms with Crippen molar-refractivity contribution >= 4 is 28.3 Å². The van der Waals surface area contributed by atoms with Crippen molar-refractivity contribution in [2.75, 3.05) is 5.32 Å². The lowest BCUT2D eigenvalue weighted by Crippen LogP contribution is -2.26. The molecule has 0 unspecified atom stereocenters. The summed E-state index contributed by atoms with van der Waals surface area (Å²) in [7, 11) is 1.57. The van der Waals surface area contributed by atoms with Crippen LogP contribution in [-0.4, -0.2) is 21.5 Å². The molecule has 0 atom stereocenters. The highest BCUT2D eigenvalue weighted by atomic mass is 19.1. The van der Waals surface area contributed by atoms with Gasteiger partial charge in [-0.3, -0.25) is 19.1 Å². The first-order valence-corrected chi connectivity index (χ1v) is 7.46. The Morgan fingerprint density at radius 1 is 1.12 bits per heavy atom. The Morgan fingerprint density at radius 3 is 2.44 bits per heavy atom. The van der Waals surface area contributed by atoms with E-state index in [-0.39, 0.29) is 16.9 Å². The number of anilines is 1. The first kappa shape index (κ1) is 16.5. The Balaban J connectivity index is 1.98. The second-order valence-electron chi connectivity index (χ2n) is 5.55. The molecule has 0 aliphatic rings. The van der Waals surface area contributed by atoms with Crippen LogP contribution in [-0.2, 0) is 7.05 Å². The SMILES string of the molecule is CC(=O)c1ccc(NC(=O)c2nn(C)c3ccc(F)cc3c2=O)cc1. The number of carbonyl (C=O) groups is 2. The zero-order valence-electron chi connectivity index (χ0n) is 13.5. The first-order valence-electron chi connectivity index (χ1n) is 7.46. The highest BCUT2D eigenvalue weighted by Gasteiger charge is 2.17. The van der Waals surface area contributed by atoms with Gasteiger partial charge in [-0.15, -0.1) is 0 Å². The third-order valence-electron chi connectivity index (χ3n) is 3.78. The number of benzene rings is 2. The molecule has 0 spiro atoms. The van der Waals surface area contributed by atoms with Gasteiger partial charge >= 0.3 is 0 Å². The molecule has 1 amide bonds. The lowest BCUT2D eigenvalue weighted by molar-refractivity contribution is 0.101. The first-order chi connectivity index (χ1) is 11.9. The summed E-state index contributed by atoms with van der Waals surface area (Å²) in [6.45, 7) is 1.44. The van der Waals surface area contributed by atoms with E-state index in [0.717, 1.165) is 6.07 Å². The van der Waals surface area contributed by atoms with Crippen LogP contribution in [0.25, 0.3) is 10.9 Å². The van der Waals surface area contributed by atoms with Gasteiger partial charge in [0.25, 0.3) is 5.91 Å². The number of carbonyl (C=O) groups excluding carboxylic acids is 2. The van der Waals surface area contributed by atoms with E-state index in [1.165, 1.54) is 23.7 Å². The molecule has 2 aromatic carbocycles. The molecular formula is C18H14FN3O3. The summed E-state index contributed by atoms with van der Waals surface area (Å²) in [6, 6.07) is 9.98. The lowest BCUT2D eigenvalue weighted by atomic mass is 10.1. The average molecular weight is 339 g/mol. The van der Waals surface area contributed by atoms with Crippen molar-refractivity contribution in [3.05, 3.63) is 69.8 Å². The number of ketones is 1. The minimum absolute atomic E-state index is 0.0783. The third-order valence-corrected chi connectivity index (χ3v) is 3.78. The number of aromatic nitrogens is 2. The molecule has 0 aliphatic carbocycles. The molecule has 3 aromatic rings. The van der Waals surface area contributed by atoms with Crippen molar-refractivity contribution in [3.8, 4) is 0 Å². The van der Waals surface area contributed by atoms with Crippen LogP contribution >= 0.6 is 0 Å². The Bertz CT molecular complexity index is 1060. The summed E-state index contributed by atoms with van der Waals surface area (Å²) in [5.41, 5.74) is 0.363. The zero-order valence-corrected chi connectivity index (χ0v) is 13.5. The molecular weight excluding hydrogens is 325 g/mol. The van der Waals surface area contributed by atoms with E-state index in [2.05, 4.69) is 10.4 Å². The maximum atomic E-state index is 13.4. The van der Waals surface area contributed by atoms with Crippen molar-refractivity contribution in [3.63, 3.8) is 0 Å². The number of nitrogens with one attached hydrogen (secondary N) is 1.